The minimum Gasteiger partial charge on any atom is -0.496 e. The fourth-order valence-corrected chi connectivity index (χ4v) is 8.72. The first kappa shape index (κ1) is 32.0. The molecule has 4 aromatic rings. The molecule has 4 aliphatic rings. The number of hydrogen-bond donors (Lipinski definition) is 2. The van der Waals surface area contributed by atoms with Crippen LogP contribution >= 0.6 is 23.2 Å². The minimum absolute atomic E-state index is 0.168. The van der Waals surface area contributed by atoms with E-state index in [1.807, 2.05) is 42.5 Å². The third-order valence-electron chi connectivity index (χ3n) is 10.9. The summed E-state index contributed by atoms with van der Waals surface area (Å²) < 4.78 is 22.9. The van der Waals surface area contributed by atoms with Gasteiger partial charge >= 0.3 is 0 Å². The molecule has 10 heteroatoms. The molecule has 2 saturated carbocycles. The highest BCUT2D eigenvalue weighted by Crippen LogP contribution is 2.52. The predicted octanol–water partition coefficient (Wildman–Crippen LogP) is 7.12. The van der Waals surface area contributed by atoms with Gasteiger partial charge in [0, 0.05) is 69.9 Å². The first-order valence-electron chi connectivity index (χ1n) is 16.6. The predicted molar refractivity (Wildman–Crippen MR) is 188 cm³/mol. The van der Waals surface area contributed by atoms with Crippen LogP contribution in [-0.2, 0) is 22.4 Å². The van der Waals surface area contributed by atoms with Crippen LogP contribution in [0.1, 0.15) is 36.8 Å². The summed E-state index contributed by atoms with van der Waals surface area (Å²) in [6.07, 6.45) is 7.09. The zero-order valence-corrected chi connectivity index (χ0v) is 28.7. The number of aromatic nitrogens is 2. The van der Waals surface area contributed by atoms with Crippen LogP contribution in [-0.4, -0.2) is 62.2 Å². The highest BCUT2D eigenvalue weighted by atomic mass is 35.5. The SMILES string of the molecule is COc1cc(-c2nccc(-c3cccc(-c4ccc(CNC5CC6(COC6)C5)c(OC)n4)c3Cl)c2Cl)ccc1CC1OCC12CC(N)C2. The van der Waals surface area contributed by atoms with Crippen molar-refractivity contribution in [2.24, 2.45) is 16.6 Å². The Morgan fingerprint density at radius 1 is 0.896 bits per heavy atom. The summed E-state index contributed by atoms with van der Waals surface area (Å²) in [5.41, 5.74) is 13.5. The standard InChI is InChI=1S/C38H40Cl2N4O4/c1-45-31-12-23(7-6-22(31)13-32-38(21-48-32)14-25(41)15-38)35-34(40)28(10-11-42-35)27-4-3-5-29(33(27)39)30-9-8-24(36(44-30)46-2)18-43-26-16-37(17-26)19-47-20-37/h3-12,25-26,32,43H,13-21,41H2,1-2H3. The zero-order chi connectivity index (χ0) is 33.0. The summed E-state index contributed by atoms with van der Waals surface area (Å²) >= 11 is 14.2. The number of hydrogen-bond acceptors (Lipinski definition) is 8. The molecule has 1 unspecified atom stereocenters. The van der Waals surface area contributed by atoms with E-state index in [9.17, 15) is 0 Å². The van der Waals surface area contributed by atoms with Crippen molar-refractivity contribution < 1.29 is 18.9 Å². The van der Waals surface area contributed by atoms with E-state index in [4.69, 9.17) is 52.9 Å². The average molecular weight is 688 g/mol. The number of methoxy groups -OCH3 is 2. The van der Waals surface area contributed by atoms with Gasteiger partial charge in [-0.25, -0.2) is 4.98 Å². The van der Waals surface area contributed by atoms with Gasteiger partial charge in [-0.2, -0.15) is 0 Å². The third-order valence-corrected chi connectivity index (χ3v) is 11.7. The van der Waals surface area contributed by atoms with Gasteiger partial charge in [0.2, 0.25) is 5.88 Å². The molecule has 8 rings (SSSR count). The van der Waals surface area contributed by atoms with Gasteiger partial charge < -0.3 is 30.0 Å². The molecule has 2 aromatic heterocycles. The van der Waals surface area contributed by atoms with Crippen LogP contribution in [0.5, 0.6) is 11.6 Å². The van der Waals surface area contributed by atoms with Crippen LogP contribution in [0.4, 0.5) is 0 Å². The Labute approximate surface area is 291 Å². The Hall–Kier alpha value is -3.24. The molecular formula is C38H40Cl2N4O4. The van der Waals surface area contributed by atoms with E-state index in [1.165, 1.54) is 0 Å². The third kappa shape index (κ3) is 5.56. The van der Waals surface area contributed by atoms with E-state index in [2.05, 4.69) is 22.4 Å². The van der Waals surface area contributed by atoms with E-state index < -0.39 is 0 Å². The van der Waals surface area contributed by atoms with Crippen LogP contribution < -0.4 is 20.5 Å². The van der Waals surface area contributed by atoms with E-state index in [0.29, 0.717) is 39.6 Å². The number of nitrogens with one attached hydrogen (secondary N) is 1. The molecule has 4 heterocycles. The highest BCUT2D eigenvalue weighted by molar-refractivity contribution is 6.39. The van der Waals surface area contributed by atoms with Gasteiger partial charge in [0.05, 0.1) is 61.6 Å². The summed E-state index contributed by atoms with van der Waals surface area (Å²) in [5, 5.41) is 4.71. The van der Waals surface area contributed by atoms with E-state index in [-0.39, 0.29) is 17.6 Å². The first-order chi connectivity index (χ1) is 23.3. The van der Waals surface area contributed by atoms with Crippen LogP contribution in [0.2, 0.25) is 10.0 Å². The van der Waals surface area contributed by atoms with Crippen LogP contribution in [0, 0.1) is 10.8 Å². The molecular weight excluding hydrogens is 647 g/mol. The molecule has 48 heavy (non-hydrogen) atoms. The molecule has 2 aliphatic carbocycles. The molecule has 1 atom stereocenters. The number of pyridine rings is 2. The van der Waals surface area contributed by atoms with Gasteiger partial charge in [0.1, 0.15) is 5.75 Å². The Bertz CT molecular complexity index is 1850. The van der Waals surface area contributed by atoms with Gasteiger partial charge in [0.15, 0.2) is 0 Å². The quantitative estimate of drug-likeness (QED) is 0.182. The number of nitrogens with zero attached hydrogens (tertiary/aromatic N) is 2. The Morgan fingerprint density at radius 2 is 1.67 bits per heavy atom. The molecule has 3 N–H and O–H groups in total. The molecule has 2 aromatic carbocycles. The summed E-state index contributed by atoms with van der Waals surface area (Å²) in [5.74, 6) is 1.37. The van der Waals surface area contributed by atoms with E-state index >= 15 is 0 Å². The average Bonchev–Trinajstić information content (AvgIpc) is 3.04. The smallest absolute Gasteiger partial charge is 0.218 e. The number of benzene rings is 2. The molecule has 0 radical (unpaired) electrons. The van der Waals surface area contributed by atoms with Gasteiger partial charge in [-0.3, -0.25) is 4.98 Å². The second kappa shape index (κ2) is 12.6. The normalized spacial score (nSPS) is 20.9. The Morgan fingerprint density at radius 3 is 2.35 bits per heavy atom. The molecule has 2 aliphatic heterocycles. The van der Waals surface area contributed by atoms with Crippen molar-refractivity contribution in [1.82, 2.24) is 15.3 Å². The largest absolute Gasteiger partial charge is 0.496 e. The van der Waals surface area contributed by atoms with Gasteiger partial charge in [-0.1, -0.05) is 59.6 Å². The topological polar surface area (TPSA) is 101 Å². The fraction of sp³-hybridized carbons (Fsp3) is 0.421. The van der Waals surface area contributed by atoms with Crippen LogP contribution in [0.3, 0.4) is 0 Å². The molecule has 2 saturated heterocycles. The maximum absolute atomic E-state index is 7.12. The number of rotatable bonds is 10. The number of ether oxygens (including phenoxy) is 4. The summed E-state index contributed by atoms with van der Waals surface area (Å²) in [6, 6.07) is 18.8. The summed E-state index contributed by atoms with van der Waals surface area (Å²) in [4.78, 5) is 9.53. The van der Waals surface area contributed by atoms with Crippen molar-refractivity contribution in [3.8, 4) is 45.3 Å². The lowest BCUT2D eigenvalue weighted by Crippen LogP contribution is -2.63. The van der Waals surface area contributed by atoms with Crippen molar-refractivity contribution in [2.75, 3.05) is 34.0 Å². The zero-order valence-electron chi connectivity index (χ0n) is 27.2. The molecule has 250 valence electrons. The van der Waals surface area contributed by atoms with E-state index in [0.717, 1.165) is 96.7 Å². The fourth-order valence-electron chi connectivity index (χ4n) is 8.07. The van der Waals surface area contributed by atoms with Crippen molar-refractivity contribution in [3.05, 3.63) is 82.0 Å². The first-order valence-corrected chi connectivity index (χ1v) is 17.4. The van der Waals surface area contributed by atoms with Crippen molar-refractivity contribution >= 4 is 23.2 Å². The Balaban J connectivity index is 1.03. The lowest BCUT2D eigenvalue weighted by molar-refractivity contribution is -0.227. The number of nitrogens with two attached hydrogens (primary N) is 1. The molecule has 4 fully saturated rings. The summed E-state index contributed by atoms with van der Waals surface area (Å²) in [6.45, 7) is 3.28. The lowest BCUT2D eigenvalue weighted by atomic mass is 9.59. The Kier molecular flexibility index (Phi) is 8.38. The van der Waals surface area contributed by atoms with Crippen molar-refractivity contribution in [1.29, 1.82) is 0 Å². The van der Waals surface area contributed by atoms with Gasteiger partial charge in [0.25, 0.3) is 0 Å². The lowest BCUT2D eigenvalue weighted by Gasteiger charge is -2.58. The second-order valence-corrected chi connectivity index (χ2v) is 14.8. The van der Waals surface area contributed by atoms with Gasteiger partial charge in [-0.15, -0.1) is 0 Å². The van der Waals surface area contributed by atoms with Gasteiger partial charge in [-0.05, 0) is 49.4 Å². The van der Waals surface area contributed by atoms with Crippen molar-refractivity contribution in [3.63, 3.8) is 0 Å². The number of halogens is 2. The molecule has 2 spiro atoms. The minimum atomic E-state index is 0.168. The monoisotopic (exact) mass is 686 g/mol. The maximum atomic E-state index is 7.12. The summed E-state index contributed by atoms with van der Waals surface area (Å²) in [7, 11) is 3.34. The highest BCUT2D eigenvalue weighted by Gasteiger charge is 2.55. The molecule has 0 bridgehead atoms. The van der Waals surface area contributed by atoms with Crippen LogP contribution in [0.15, 0.2) is 60.8 Å². The maximum Gasteiger partial charge on any atom is 0.218 e. The van der Waals surface area contributed by atoms with Crippen molar-refractivity contribution in [2.45, 2.75) is 56.8 Å². The van der Waals surface area contributed by atoms with Crippen LogP contribution in [0.25, 0.3) is 33.6 Å². The molecule has 8 nitrogen and oxygen atoms in total. The molecule has 0 amide bonds. The van der Waals surface area contributed by atoms with E-state index in [1.54, 1.807) is 20.4 Å². The second-order valence-electron chi connectivity index (χ2n) is 14.1.